The van der Waals surface area contributed by atoms with Crippen molar-refractivity contribution in [2.75, 3.05) is 13.2 Å². The maximum Gasteiger partial charge on any atom is 0.306 e. The molecule has 0 rings (SSSR count). The van der Waals surface area contributed by atoms with E-state index in [0.717, 1.165) is 70.6 Å². The van der Waals surface area contributed by atoms with Gasteiger partial charge in [-0.15, -0.1) is 0 Å². The molecule has 0 aromatic heterocycles. The molecule has 372 valence electrons. The van der Waals surface area contributed by atoms with Gasteiger partial charge < -0.3 is 14.2 Å². The molecule has 0 heterocycles. The SMILES string of the molecule is CC\C=C/C=C\C=C/C=C\C=C\C=C/C=C\CCCCCC(=O)OCC(COC(=O)CC/C=C\C/C=C\CCCCCCCC)OC(=O)CCCCCCC/C=C\CCCCCCCCC. The van der Waals surface area contributed by atoms with Gasteiger partial charge in [-0.2, -0.15) is 0 Å². The summed E-state index contributed by atoms with van der Waals surface area (Å²) in [5.41, 5.74) is 0. The largest absolute Gasteiger partial charge is 0.462 e. The summed E-state index contributed by atoms with van der Waals surface area (Å²) in [6.45, 7) is 6.37. The summed E-state index contributed by atoms with van der Waals surface area (Å²) in [7, 11) is 0. The molecule has 0 N–H and O–H groups in total. The van der Waals surface area contributed by atoms with E-state index in [4.69, 9.17) is 14.2 Å². The normalized spacial score (nSPS) is 13.1. The van der Waals surface area contributed by atoms with E-state index in [2.05, 4.69) is 63.3 Å². The summed E-state index contributed by atoms with van der Waals surface area (Å²) < 4.78 is 16.7. The fraction of sp³-hybridized carbons (Fsp3) is 0.617. The summed E-state index contributed by atoms with van der Waals surface area (Å²) in [5.74, 6) is -1.05. The highest BCUT2D eigenvalue weighted by molar-refractivity contribution is 5.71. The van der Waals surface area contributed by atoms with E-state index in [1.54, 1.807) is 0 Å². The fourth-order valence-electron chi connectivity index (χ4n) is 6.88. The standard InChI is InChI=1S/C60H96O6/c1-4-7-10-13-16-19-22-25-27-29-30-31-33-35-38-41-44-47-50-53-59(62)65-56-57(55-64-58(61)52-49-46-43-40-37-34-24-21-18-15-12-9-6-3)66-60(63)54-51-48-45-42-39-36-32-28-26-23-20-17-14-11-8-5-2/h7,10,13,16,19,22,25,27-35,37-38,43,46,57H,4-6,8-9,11-12,14-15,17-18,20-21,23-24,26,36,39-42,44-45,47-56H2,1-3H3/b10-7-,16-13-,22-19-,27-25-,30-29+,32-28-,33-31-,37-34-,38-35-,46-43-. The maximum atomic E-state index is 12.8. The van der Waals surface area contributed by atoms with E-state index in [-0.39, 0.29) is 37.5 Å². The minimum Gasteiger partial charge on any atom is -0.462 e. The number of hydrogen-bond donors (Lipinski definition) is 0. The molecule has 0 saturated carbocycles. The van der Waals surface area contributed by atoms with Crippen LogP contribution in [0.4, 0.5) is 0 Å². The lowest BCUT2D eigenvalue weighted by atomic mass is 10.1. The van der Waals surface area contributed by atoms with Crippen LogP contribution < -0.4 is 0 Å². The quantitative estimate of drug-likeness (QED) is 0.0199. The van der Waals surface area contributed by atoms with Gasteiger partial charge in [-0.1, -0.05) is 239 Å². The molecule has 0 spiro atoms. The van der Waals surface area contributed by atoms with Crippen LogP contribution in [0.3, 0.4) is 0 Å². The molecule has 0 amide bonds. The van der Waals surface area contributed by atoms with Gasteiger partial charge in [0, 0.05) is 19.3 Å². The molecule has 66 heavy (non-hydrogen) atoms. The molecule has 0 aliphatic rings. The molecule has 6 nitrogen and oxygen atoms in total. The zero-order valence-electron chi connectivity index (χ0n) is 42.4. The van der Waals surface area contributed by atoms with E-state index < -0.39 is 6.10 Å². The van der Waals surface area contributed by atoms with Gasteiger partial charge >= 0.3 is 17.9 Å². The Hall–Kier alpha value is -4.19. The third kappa shape index (κ3) is 50.8. The lowest BCUT2D eigenvalue weighted by Gasteiger charge is -2.18. The van der Waals surface area contributed by atoms with Crippen LogP contribution in [-0.2, 0) is 28.6 Å². The third-order valence-corrected chi connectivity index (χ3v) is 10.9. The maximum absolute atomic E-state index is 12.8. The zero-order chi connectivity index (χ0) is 47.9. The van der Waals surface area contributed by atoms with Crippen molar-refractivity contribution in [1.29, 1.82) is 0 Å². The minimum atomic E-state index is -0.827. The van der Waals surface area contributed by atoms with Crippen LogP contribution in [0.5, 0.6) is 0 Å². The highest BCUT2D eigenvalue weighted by Gasteiger charge is 2.19. The van der Waals surface area contributed by atoms with Crippen LogP contribution in [0, 0.1) is 0 Å². The van der Waals surface area contributed by atoms with E-state index >= 15 is 0 Å². The lowest BCUT2D eigenvalue weighted by molar-refractivity contribution is -0.166. The summed E-state index contributed by atoms with van der Waals surface area (Å²) in [6, 6.07) is 0. The van der Waals surface area contributed by atoms with Gasteiger partial charge in [-0.05, 0) is 83.5 Å². The molecule has 0 saturated heterocycles. The molecular formula is C60H96O6. The highest BCUT2D eigenvalue weighted by atomic mass is 16.6. The molecule has 6 heteroatoms. The van der Waals surface area contributed by atoms with Gasteiger partial charge in [0.2, 0.25) is 0 Å². The Bertz CT molecular complexity index is 1420. The Morgan fingerprint density at radius 3 is 1.17 bits per heavy atom. The fourth-order valence-corrected chi connectivity index (χ4v) is 6.88. The van der Waals surface area contributed by atoms with Gasteiger partial charge in [-0.3, -0.25) is 14.4 Å². The topological polar surface area (TPSA) is 78.9 Å². The van der Waals surface area contributed by atoms with Gasteiger partial charge in [0.05, 0.1) is 0 Å². The molecule has 1 atom stereocenters. The van der Waals surface area contributed by atoms with Crippen molar-refractivity contribution in [2.24, 2.45) is 0 Å². The van der Waals surface area contributed by atoms with Crippen molar-refractivity contribution in [1.82, 2.24) is 0 Å². The molecule has 1 unspecified atom stereocenters. The predicted molar refractivity (Wildman–Crippen MR) is 283 cm³/mol. The first-order chi connectivity index (χ1) is 32.5. The third-order valence-electron chi connectivity index (χ3n) is 10.9. The van der Waals surface area contributed by atoms with Crippen LogP contribution in [0.1, 0.15) is 220 Å². The highest BCUT2D eigenvalue weighted by Crippen LogP contribution is 2.13. The molecule has 0 aromatic rings. The van der Waals surface area contributed by atoms with Crippen molar-refractivity contribution < 1.29 is 28.6 Å². The van der Waals surface area contributed by atoms with Gasteiger partial charge in [-0.25, -0.2) is 0 Å². The average Bonchev–Trinajstić information content (AvgIpc) is 3.31. The Morgan fingerprint density at radius 1 is 0.333 bits per heavy atom. The van der Waals surface area contributed by atoms with E-state index in [1.807, 2.05) is 79.0 Å². The van der Waals surface area contributed by atoms with Crippen molar-refractivity contribution in [2.45, 2.75) is 226 Å². The second kappa shape index (κ2) is 53.4. The van der Waals surface area contributed by atoms with Crippen molar-refractivity contribution in [3.05, 3.63) is 122 Å². The number of rotatable bonds is 46. The van der Waals surface area contributed by atoms with Gasteiger partial charge in [0.25, 0.3) is 0 Å². The van der Waals surface area contributed by atoms with E-state index in [1.165, 1.54) is 96.3 Å². The van der Waals surface area contributed by atoms with Crippen molar-refractivity contribution >= 4 is 17.9 Å². The number of carbonyl (C=O) groups is 3. The first-order valence-electron chi connectivity index (χ1n) is 26.6. The van der Waals surface area contributed by atoms with Crippen molar-refractivity contribution in [3.8, 4) is 0 Å². The van der Waals surface area contributed by atoms with E-state index in [9.17, 15) is 14.4 Å². The number of carbonyl (C=O) groups excluding carboxylic acids is 3. The number of hydrogen-bond acceptors (Lipinski definition) is 6. The first kappa shape index (κ1) is 61.8. The smallest absolute Gasteiger partial charge is 0.306 e. The summed E-state index contributed by atoms with van der Waals surface area (Å²) in [6.07, 6.45) is 73.3. The average molecular weight is 913 g/mol. The summed E-state index contributed by atoms with van der Waals surface area (Å²) in [4.78, 5) is 38.0. The van der Waals surface area contributed by atoms with Gasteiger partial charge in [0.1, 0.15) is 13.2 Å². The Labute approximate surface area is 405 Å². The molecule has 0 aliphatic heterocycles. The van der Waals surface area contributed by atoms with Crippen LogP contribution in [-0.4, -0.2) is 37.2 Å². The Morgan fingerprint density at radius 2 is 0.682 bits per heavy atom. The first-order valence-corrected chi connectivity index (χ1v) is 26.6. The predicted octanol–water partition coefficient (Wildman–Crippen LogP) is 17.7. The zero-order valence-corrected chi connectivity index (χ0v) is 42.4. The minimum absolute atomic E-state index is 0.125. The molecular weight excluding hydrogens is 817 g/mol. The second-order valence-electron chi connectivity index (χ2n) is 17.2. The summed E-state index contributed by atoms with van der Waals surface area (Å²) >= 11 is 0. The molecule has 0 aliphatic carbocycles. The molecule has 0 bridgehead atoms. The van der Waals surface area contributed by atoms with E-state index in [0.29, 0.717) is 25.7 Å². The number of esters is 3. The van der Waals surface area contributed by atoms with Crippen molar-refractivity contribution in [3.63, 3.8) is 0 Å². The lowest BCUT2D eigenvalue weighted by Crippen LogP contribution is -2.30. The second-order valence-corrected chi connectivity index (χ2v) is 17.2. The molecule has 0 aromatic carbocycles. The molecule has 0 fully saturated rings. The van der Waals surface area contributed by atoms with Crippen LogP contribution in [0.15, 0.2) is 122 Å². The molecule has 0 radical (unpaired) electrons. The number of allylic oxidation sites excluding steroid dienone is 20. The Kier molecular flexibility index (Phi) is 50.0. The van der Waals surface area contributed by atoms with Crippen LogP contribution in [0.25, 0.3) is 0 Å². The Balaban J connectivity index is 4.57. The summed E-state index contributed by atoms with van der Waals surface area (Å²) in [5, 5.41) is 0. The number of ether oxygens (including phenoxy) is 3. The number of unbranched alkanes of at least 4 members (excludes halogenated alkanes) is 21. The van der Waals surface area contributed by atoms with Gasteiger partial charge in [0.15, 0.2) is 6.10 Å². The van der Waals surface area contributed by atoms with Crippen LogP contribution in [0.2, 0.25) is 0 Å². The monoisotopic (exact) mass is 913 g/mol. The van der Waals surface area contributed by atoms with Crippen LogP contribution >= 0.6 is 0 Å².